The molecule has 0 saturated carbocycles. The average Bonchev–Trinajstić information content (AvgIpc) is 3.03. The number of methoxy groups -OCH3 is 3. The minimum Gasteiger partial charge on any atom is -0.497 e. The van der Waals surface area contributed by atoms with Crippen molar-refractivity contribution in [3.8, 4) is 17.2 Å². The first-order chi connectivity index (χ1) is 20.4. The molecule has 0 aliphatic carbocycles. The van der Waals surface area contributed by atoms with Gasteiger partial charge >= 0.3 is 0 Å². The van der Waals surface area contributed by atoms with E-state index in [9.17, 15) is 14.4 Å². The minimum atomic E-state index is -0.545. The van der Waals surface area contributed by atoms with Crippen molar-refractivity contribution in [1.82, 2.24) is 5.32 Å². The molecule has 0 aliphatic rings. The van der Waals surface area contributed by atoms with E-state index in [1.165, 1.54) is 39.2 Å². The number of ketones is 1. The summed E-state index contributed by atoms with van der Waals surface area (Å²) in [5.41, 5.74) is 1.93. The smallest absolute Gasteiger partial charge is 0.272 e. The Bertz CT molecular complexity index is 1600. The van der Waals surface area contributed by atoms with Crippen LogP contribution in [0.2, 0.25) is 0 Å². The van der Waals surface area contributed by atoms with Crippen LogP contribution >= 0.6 is 11.8 Å². The molecule has 0 fully saturated rings. The summed E-state index contributed by atoms with van der Waals surface area (Å²) in [5.74, 6) is 0.693. The molecule has 0 aliphatic heterocycles. The van der Waals surface area contributed by atoms with Crippen molar-refractivity contribution in [3.05, 3.63) is 119 Å². The molecule has 4 aromatic carbocycles. The molecular weight excluding hydrogens is 552 g/mol. The van der Waals surface area contributed by atoms with Crippen molar-refractivity contribution in [3.63, 3.8) is 0 Å². The van der Waals surface area contributed by atoms with Crippen LogP contribution in [0.1, 0.15) is 26.3 Å². The summed E-state index contributed by atoms with van der Waals surface area (Å²) in [5, 5.41) is 5.58. The van der Waals surface area contributed by atoms with Crippen molar-refractivity contribution in [2.24, 2.45) is 0 Å². The van der Waals surface area contributed by atoms with Gasteiger partial charge in [0.1, 0.15) is 22.9 Å². The molecule has 0 aromatic heterocycles. The zero-order valence-electron chi connectivity index (χ0n) is 23.4. The maximum Gasteiger partial charge on any atom is 0.272 e. The number of benzene rings is 4. The number of ether oxygens (including phenoxy) is 3. The second-order valence-electron chi connectivity index (χ2n) is 8.88. The zero-order valence-corrected chi connectivity index (χ0v) is 24.2. The molecule has 0 saturated heterocycles. The van der Waals surface area contributed by atoms with Crippen LogP contribution in [0.25, 0.3) is 6.08 Å². The number of Topliss-reactive ketones (excluding diaryl/α,β-unsaturated/α-hetero) is 1. The first kappa shape index (κ1) is 30.0. The molecular formula is C33H30N2O6S. The van der Waals surface area contributed by atoms with Gasteiger partial charge in [-0.3, -0.25) is 14.4 Å². The van der Waals surface area contributed by atoms with Crippen molar-refractivity contribution in [1.29, 1.82) is 0 Å². The molecule has 0 heterocycles. The maximum atomic E-state index is 13.5. The zero-order chi connectivity index (χ0) is 29.9. The summed E-state index contributed by atoms with van der Waals surface area (Å²) < 4.78 is 16.1. The number of amides is 2. The van der Waals surface area contributed by atoms with Crippen LogP contribution in [0.4, 0.5) is 5.69 Å². The first-order valence-corrected chi connectivity index (χ1v) is 13.9. The Morgan fingerprint density at radius 3 is 2.24 bits per heavy atom. The molecule has 0 unspecified atom stereocenters. The lowest BCUT2D eigenvalue weighted by Crippen LogP contribution is -2.30. The highest BCUT2D eigenvalue weighted by Crippen LogP contribution is 2.28. The van der Waals surface area contributed by atoms with Crippen molar-refractivity contribution in [2.75, 3.05) is 32.4 Å². The first-order valence-electron chi connectivity index (χ1n) is 12.9. The van der Waals surface area contributed by atoms with Crippen molar-refractivity contribution < 1.29 is 28.6 Å². The van der Waals surface area contributed by atoms with Crippen molar-refractivity contribution >= 4 is 41.1 Å². The molecule has 9 heteroatoms. The Morgan fingerprint density at radius 1 is 0.762 bits per heavy atom. The van der Waals surface area contributed by atoms with Crippen LogP contribution in [0, 0.1) is 0 Å². The van der Waals surface area contributed by atoms with Gasteiger partial charge in [-0.15, -0.1) is 11.8 Å². The average molecular weight is 583 g/mol. The number of carbonyl (C=O) groups excluding carboxylic acids is 3. The van der Waals surface area contributed by atoms with Gasteiger partial charge in [-0.1, -0.05) is 36.4 Å². The summed E-state index contributed by atoms with van der Waals surface area (Å²) in [6.07, 6.45) is 1.53. The van der Waals surface area contributed by atoms with E-state index < -0.39 is 11.8 Å². The molecule has 2 N–H and O–H groups in total. The van der Waals surface area contributed by atoms with Gasteiger partial charge in [0.25, 0.3) is 11.8 Å². The highest BCUT2D eigenvalue weighted by molar-refractivity contribution is 8.00. The van der Waals surface area contributed by atoms with Gasteiger partial charge in [-0.2, -0.15) is 0 Å². The number of hydrogen-bond acceptors (Lipinski definition) is 7. The predicted molar refractivity (Wildman–Crippen MR) is 165 cm³/mol. The standard InChI is InChI=1S/C33H30N2O6S/c1-39-25-16-17-30(40-2)23(18-25)19-28(35-32(37)22-10-5-4-6-11-22)33(38)34-24-12-9-13-26(20-24)42-21-29(36)27-14-7-8-15-31(27)41-3/h4-20H,21H2,1-3H3,(H,34,38)(H,35,37)/b28-19-. The van der Waals surface area contributed by atoms with Gasteiger partial charge in [-0.25, -0.2) is 0 Å². The molecule has 42 heavy (non-hydrogen) atoms. The van der Waals surface area contributed by atoms with Gasteiger partial charge in [0.05, 0.1) is 32.6 Å². The fourth-order valence-electron chi connectivity index (χ4n) is 4.01. The molecule has 214 valence electrons. The molecule has 2 amide bonds. The summed E-state index contributed by atoms with van der Waals surface area (Å²) >= 11 is 1.34. The molecule has 0 atom stereocenters. The summed E-state index contributed by atoms with van der Waals surface area (Å²) in [6.45, 7) is 0. The number of carbonyl (C=O) groups is 3. The lowest BCUT2D eigenvalue weighted by Gasteiger charge is -2.14. The fourth-order valence-corrected chi connectivity index (χ4v) is 4.85. The third-order valence-electron chi connectivity index (χ3n) is 6.13. The molecule has 0 radical (unpaired) electrons. The number of hydrogen-bond donors (Lipinski definition) is 2. The number of nitrogens with one attached hydrogen (secondary N) is 2. The fraction of sp³-hybridized carbons (Fsp3) is 0.121. The van der Waals surface area contributed by atoms with E-state index in [0.29, 0.717) is 39.6 Å². The van der Waals surface area contributed by atoms with E-state index >= 15 is 0 Å². The van der Waals surface area contributed by atoms with Crippen molar-refractivity contribution in [2.45, 2.75) is 4.90 Å². The topological polar surface area (TPSA) is 103 Å². The molecule has 0 spiro atoms. The van der Waals surface area contributed by atoms with Gasteiger partial charge in [0.2, 0.25) is 0 Å². The van der Waals surface area contributed by atoms with Crippen LogP contribution < -0.4 is 24.8 Å². The van der Waals surface area contributed by atoms with E-state index in [0.717, 1.165) is 4.90 Å². The van der Waals surface area contributed by atoms with Crippen LogP contribution in [0.3, 0.4) is 0 Å². The highest BCUT2D eigenvalue weighted by atomic mass is 32.2. The van der Waals surface area contributed by atoms with Gasteiger partial charge in [0.15, 0.2) is 5.78 Å². The summed E-state index contributed by atoms with van der Waals surface area (Å²) in [7, 11) is 4.58. The Hall–Kier alpha value is -5.02. The van der Waals surface area contributed by atoms with E-state index in [2.05, 4.69) is 10.6 Å². The SMILES string of the molecule is COc1ccc(OC)c(/C=C(\NC(=O)c2ccccc2)C(=O)Nc2cccc(SCC(=O)c3ccccc3OC)c2)c1. The van der Waals surface area contributed by atoms with Crippen LogP contribution in [-0.2, 0) is 4.79 Å². The monoisotopic (exact) mass is 582 g/mol. The molecule has 0 bridgehead atoms. The number of thioether (sulfide) groups is 1. The summed E-state index contributed by atoms with van der Waals surface area (Å²) in [4.78, 5) is 40.1. The molecule has 4 rings (SSSR count). The van der Waals surface area contributed by atoms with Crippen LogP contribution in [0.5, 0.6) is 17.2 Å². The lowest BCUT2D eigenvalue weighted by molar-refractivity contribution is -0.113. The Kier molecular flexibility index (Phi) is 10.4. The van der Waals surface area contributed by atoms with Gasteiger partial charge < -0.3 is 24.8 Å². The summed E-state index contributed by atoms with van der Waals surface area (Å²) in [6, 6.07) is 28.0. The highest BCUT2D eigenvalue weighted by Gasteiger charge is 2.17. The van der Waals surface area contributed by atoms with Gasteiger partial charge in [-0.05, 0) is 66.7 Å². The third-order valence-corrected chi connectivity index (χ3v) is 7.13. The van der Waals surface area contributed by atoms with Gasteiger partial charge in [0, 0.05) is 21.7 Å². The Balaban J connectivity index is 1.55. The van der Waals surface area contributed by atoms with E-state index in [1.54, 1.807) is 84.9 Å². The van der Waals surface area contributed by atoms with E-state index in [4.69, 9.17) is 14.2 Å². The Morgan fingerprint density at radius 2 is 1.50 bits per heavy atom. The molecule has 8 nitrogen and oxygen atoms in total. The predicted octanol–water partition coefficient (Wildman–Crippen LogP) is 6.10. The minimum absolute atomic E-state index is 0.000173. The van der Waals surface area contributed by atoms with E-state index in [1.807, 2.05) is 12.1 Å². The number of rotatable bonds is 12. The number of para-hydroxylation sites is 1. The molecule has 4 aromatic rings. The normalized spacial score (nSPS) is 10.9. The maximum absolute atomic E-state index is 13.5. The van der Waals surface area contributed by atoms with Crippen LogP contribution in [-0.4, -0.2) is 44.7 Å². The van der Waals surface area contributed by atoms with E-state index in [-0.39, 0.29) is 17.2 Å². The largest absolute Gasteiger partial charge is 0.497 e. The Labute approximate surface area is 248 Å². The second-order valence-corrected chi connectivity index (χ2v) is 9.93. The quantitative estimate of drug-likeness (QED) is 0.118. The third kappa shape index (κ3) is 7.80. The second kappa shape index (κ2) is 14.6. The lowest BCUT2D eigenvalue weighted by atomic mass is 10.1. The number of anilines is 1. The van der Waals surface area contributed by atoms with Crippen LogP contribution in [0.15, 0.2) is 108 Å².